The predicted molar refractivity (Wildman–Crippen MR) is 157 cm³/mol. The number of nitrogens with zero attached hydrogens (tertiary/aromatic N) is 4. The highest BCUT2D eigenvalue weighted by atomic mass is 31.2. The number of unbranched alkanes of at least 4 members (excludes halogenated alkanes) is 13. The van der Waals surface area contributed by atoms with Gasteiger partial charge in [0.05, 0.1) is 25.6 Å². The maximum absolute atomic E-state index is 12.3. The van der Waals surface area contributed by atoms with E-state index in [9.17, 15) is 9.46 Å². The van der Waals surface area contributed by atoms with Crippen LogP contribution in [0.2, 0.25) is 0 Å². The lowest BCUT2D eigenvalue weighted by Gasteiger charge is -2.17. The van der Waals surface area contributed by atoms with Crippen molar-refractivity contribution in [3.63, 3.8) is 0 Å². The van der Waals surface area contributed by atoms with Crippen molar-refractivity contribution in [3.8, 4) is 0 Å². The standard InChI is InChI=1S/C28H52N5O5P/c1-3-4-5-6-7-8-9-10-11-12-13-14-15-16-18-36-19-17-20-38-39(34,35)24-37-25(2)21-33-23-32-26-27(29)30-22-31-28(26)33/h22-23,25H,3-21,24H2,1-2H3,(H,34,35)(H2,29,30,31)/t25-/m0/s1. The zero-order chi connectivity index (χ0) is 28.2. The molecular formula is C28H52N5O5P. The largest absolute Gasteiger partial charge is 0.382 e. The zero-order valence-electron chi connectivity index (χ0n) is 24.3. The first-order valence-electron chi connectivity index (χ1n) is 15.0. The minimum Gasteiger partial charge on any atom is -0.382 e. The first-order valence-corrected chi connectivity index (χ1v) is 16.8. The number of rotatable bonds is 25. The first kappa shape index (κ1) is 33.6. The molecule has 2 aromatic rings. The Kier molecular flexibility index (Phi) is 17.5. The molecule has 2 atom stereocenters. The highest BCUT2D eigenvalue weighted by Crippen LogP contribution is 2.42. The van der Waals surface area contributed by atoms with Gasteiger partial charge in [-0.1, -0.05) is 90.4 Å². The normalized spacial score (nSPS) is 14.1. The van der Waals surface area contributed by atoms with Gasteiger partial charge in [-0.25, -0.2) is 15.0 Å². The number of hydrogen-bond acceptors (Lipinski definition) is 8. The van der Waals surface area contributed by atoms with Crippen LogP contribution in [0.3, 0.4) is 0 Å². The second kappa shape index (κ2) is 20.3. The van der Waals surface area contributed by atoms with E-state index in [1.807, 2.05) is 6.92 Å². The van der Waals surface area contributed by atoms with Gasteiger partial charge >= 0.3 is 7.60 Å². The van der Waals surface area contributed by atoms with E-state index in [0.717, 1.165) is 13.0 Å². The van der Waals surface area contributed by atoms with Crippen molar-refractivity contribution in [2.24, 2.45) is 0 Å². The lowest BCUT2D eigenvalue weighted by atomic mass is 10.0. The average molecular weight is 570 g/mol. The van der Waals surface area contributed by atoms with Gasteiger partial charge in [-0.15, -0.1) is 0 Å². The maximum atomic E-state index is 12.3. The molecule has 0 saturated heterocycles. The summed E-state index contributed by atoms with van der Waals surface area (Å²) in [6.45, 7) is 5.89. The smallest absolute Gasteiger partial charge is 0.353 e. The number of anilines is 1. The number of nitrogens with two attached hydrogens (primary N) is 1. The van der Waals surface area contributed by atoms with Gasteiger partial charge in [0.1, 0.15) is 18.2 Å². The van der Waals surface area contributed by atoms with Crippen LogP contribution in [0.1, 0.15) is 110 Å². The second-order valence-electron chi connectivity index (χ2n) is 10.5. The van der Waals surface area contributed by atoms with Crippen LogP contribution in [0.15, 0.2) is 12.7 Å². The molecular weight excluding hydrogens is 517 g/mol. The molecule has 0 bridgehead atoms. The lowest BCUT2D eigenvalue weighted by molar-refractivity contribution is 0.0688. The molecule has 11 heteroatoms. The molecule has 39 heavy (non-hydrogen) atoms. The molecule has 0 fully saturated rings. The third-order valence-corrected chi connectivity index (χ3v) is 7.84. The summed E-state index contributed by atoms with van der Waals surface area (Å²) in [4.78, 5) is 22.4. The van der Waals surface area contributed by atoms with Crippen LogP contribution in [-0.2, 0) is 25.1 Å². The Morgan fingerprint density at radius 2 is 1.46 bits per heavy atom. The van der Waals surface area contributed by atoms with E-state index in [2.05, 4.69) is 21.9 Å². The van der Waals surface area contributed by atoms with Gasteiger partial charge in [0, 0.05) is 13.2 Å². The van der Waals surface area contributed by atoms with E-state index >= 15 is 0 Å². The molecule has 0 aliphatic carbocycles. The Labute approximate surface area is 235 Å². The van der Waals surface area contributed by atoms with Gasteiger partial charge in [-0.05, 0) is 19.8 Å². The van der Waals surface area contributed by atoms with Crippen LogP contribution >= 0.6 is 7.60 Å². The van der Waals surface area contributed by atoms with E-state index in [4.69, 9.17) is 19.7 Å². The molecule has 0 aromatic carbocycles. The molecule has 2 rings (SSSR count). The van der Waals surface area contributed by atoms with Crippen molar-refractivity contribution >= 4 is 24.6 Å². The minimum absolute atomic E-state index is 0.159. The summed E-state index contributed by atoms with van der Waals surface area (Å²) in [7, 11) is -3.83. The SMILES string of the molecule is CCCCCCCCCCCCCCCCOCCCOP(=O)(O)CO[C@@H](C)Cn1cnc2c(N)ncnc21. The van der Waals surface area contributed by atoms with Crippen molar-refractivity contribution in [1.29, 1.82) is 0 Å². The topological polar surface area (TPSA) is 135 Å². The summed E-state index contributed by atoms with van der Waals surface area (Å²) in [6, 6.07) is 0. The number of imidazole rings is 1. The molecule has 0 amide bonds. The van der Waals surface area contributed by atoms with Crippen molar-refractivity contribution in [3.05, 3.63) is 12.7 Å². The minimum atomic E-state index is -3.83. The highest BCUT2D eigenvalue weighted by Gasteiger charge is 2.21. The van der Waals surface area contributed by atoms with Crippen molar-refractivity contribution < 1.29 is 23.5 Å². The molecule has 2 aromatic heterocycles. The van der Waals surface area contributed by atoms with Crippen LogP contribution in [0.4, 0.5) is 5.82 Å². The number of ether oxygens (including phenoxy) is 2. The number of hydrogen-bond donors (Lipinski definition) is 2. The van der Waals surface area contributed by atoms with Crippen LogP contribution in [0.25, 0.3) is 11.2 Å². The van der Waals surface area contributed by atoms with Crippen LogP contribution in [-0.4, -0.2) is 56.7 Å². The van der Waals surface area contributed by atoms with Crippen LogP contribution < -0.4 is 5.73 Å². The first-order chi connectivity index (χ1) is 18.9. The molecule has 3 N–H and O–H groups in total. The number of nitrogen functional groups attached to an aromatic ring is 1. The molecule has 0 saturated carbocycles. The molecule has 1 unspecified atom stereocenters. The summed E-state index contributed by atoms with van der Waals surface area (Å²) in [5.41, 5.74) is 6.92. The van der Waals surface area contributed by atoms with Crippen molar-refractivity contribution in [2.45, 2.75) is 123 Å². The molecule has 0 aliphatic rings. The van der Waals surface area contributed by atoms with Gasteiger partial charge in [0.2, 0.25) is 0 Å². The fourth-order valence-electron chi connectivity index (χ4n) is 4.49. The fraction of sp³-hybridized carbons (Fsp3) is 0.821. The quantitative estimate of drug-likeness (QED) is 0.0971. The molecule has 224 valence electrons. The predicted octanol–water partition coefficient (Wildman–Crippen LogP) is 6.86. The Morgan fingerprint density at radius 3 is 2.10 bits per heavy atom. The highest BCUT2D eigenvalue weighted by molar-refractivity contribution is 7.52. The summed E-state index contributed by atoms with van der Waals surface area (Å²) >= 11 is 0. The lowest BCUT2D eigenvalue weighted by Crippen LogP contribution is -2.17. The van der Waals surface area contributed by atoms with Gasteiger partial charge in [0.15, 0.2) is 11.5 Å². The summed E-state index contributed by atoms with van der Waals surface area (Å²) in [5, 5.41) is 0. The van der Waals surface area contributed by atoms with Gasteiger partial charge in [-0.3, -0.25) is 4.57 Å². The number of aromatic nitrogens is 4. The van der Waals surface area contributed by atoms with Gasteiger partial charge in [-0.2, -0.15) is 0 Å². The van der Waals surface area contributed by atoms with Gasteiger partial charge in [0.25, 0.3) is 0 Å². The number of fused-ring (bicyclic) bond motifs is 1. The van der Waals surface area contributed by atoms with Crippen LogP contribution in [0.5, 0.6) is 0 Å². The van der Waals surface area contributed by atoms with E-state index in [1.165, 1.54) is 89.8 Å². The fourth-order valence-corrected chi connectivity index (χ4v) is 5.42. The Bertz CT molecular complexity index is 944. The molecule has 10 nitrogen and oxygen atoms in total. The maximum Gasteiger partial charge on any atom is 0.353 e. The summed E-state index contributed by atoms with van der Waals surface area (Å²) in [6.07, 6.45) is 21.6. The van der Waals surface area contributed by atoms with Crippen LogP contribution in [0, 0.1) is 0 Å². The molecule has 0 spiro atoms. The molecule has 2 heterocycles. The Hall–Kier alpha value is -1.58. The summed E-state index contributed by atoms with van der Waals surface area (Å²) < 4.78 is 30.4. The Morgan fingerprint density at radius 1 is 0.872 bits per heavy atom. The monoisotopic (exact) mass is 569 g/mol. The summed E-state index contributed by atoms with van der Waals surface area (Å²) in [5.74, 6) is 0.309. The van der Waals surface area contributed by atoms with Crippen molar-refractivity contribution in [2.75, 3.05) is 31.9 Å². The Balaban J connectivity index is 1.38. The zero-order valence-corrected chi connectivity index (χ0v) is 25.2. The van der Waals surface area contributed by atoms with E-state index in [1.54, 1.807) is 10.9 Å². The molecule has 0 aliphatic heterocycles. The second-order valence-corrected chi connectivity index (χ2v) is 12.3. The average Bonchev–Trinajstić information content (AvgIpc) is 3.32. The van der Waals surface area contributed by atoms with E-state index in [0.29, 0.717) is 36.6 Å². The van der Waals surface area contributed by atoms with E-state index < -0.39 is 7.60 Å². The third kappa shape index (κ3) is 15.1. The molecule has 0 radical (unpaired) electrons. The van der Waals surface area contributed by atoms with Gasteiger partial charge < -0.3 is 29.2 Å². The van der Waals surface area contributed by atoms with Crippen molar-refractivity contribution in [1.82, 2.24) is 19.5 Å². The third-order valence-electron chi connectivity index (χ3n) is 6.77. The van der Waals surface area contributed by atoms with E-state index in [-0.39, 0.29) is 19.1 Å².